The average molecular weight is 258 g/mol. The molecule has 0 aromatic carbocycles. The van der Waals surface area contributed by atoms with Crippen molar-refractivity contribution in [1.29, 1.82) is 0 Å². The second kappa shape index (κ2) is 4.24. The summed E-state index contributed by atoms with van der Waals surface area (Å²) in [6, 6.07) is 0. The van der Waals surface area contributed by atoms with Crippen molar-refractivity contribution in [3.8, 4) is 0 Å². The van der Waals surface area contributed by atoms with Crippen molar-refractivity contribution < 1.29 is 33.7 Å². The van der Waals surface area contributed by atoms with Gasteiger partial charge in [-0.1, -0.05) is 13.3 Å². The molecule has 0 saturated carbocycles. The number of fused-ring (bicyclic) bond motifs is 3. The summed E-state index contributed by atoms with van der Waals surface area (Å²) in [5.41, 5.74) is -2.18. The maximum absolute atomic E-state index is 11.7. The lowest BCUT2D eigenvalue weighted by atomic mass is 9.96. The van der Waals surface area contributed by atoms with Crippen LogP contribution in [0, 0.1) is 0 Å². The Kier molecular flexibility index (Phi) is 3.02. The van der Waals surface area contributed by atoms with Crippen LogP contribution < -0.4 is 0 Å². The van der Waals surface area contributed by atoms with Crippen LogP contribution in [0.2, 0.25) is 0 Å². The SMILES string of the molecule is CCCCC12OC(=O)CC(O)(CC(=O)O1)C(=O)O2. The van der Waals surface area contributed by atoms with Gasteiger partial charge in [0.2, 0.25) is 0 Å². The van der Waals surface area contributed by atoms with Crippen molar-refractivity contribution in [3.05, 3.63) is 0 Å². The van der Waals surface area contributed by atoms with Crippen molar-refractivity contribution >= 4 is 17.9 Å². The van der Waals surface area contributed by atoms with Crippen LogP contribution in [-0.2, 0) is 28.6 Å². The lowest BCUT2D eigenvalue weighted by molar-refractivity contribution is -0.326. The van der Waals surface area contributed by atoms with Crippen LogP contribution in [0.25, 0.3) is 0 Å². The molecule has 100 valence electrons. The van der Waals surface area contributed by atoms with E-state index in [9.17, 15) is 19.5 Å². The summed E-state index contributed by atoms with van der Waals surface area (Å²) in [6.45, 7) is 1.88. The van der Waals surface area contributed by atoms with Gasteiger partial charge in [0.15, 0.2) is 5.60 Å². The van der Waals surface area contributed by atoms with Crippen LogP contribution in [-0.4, -0.2) is 34.6 Å². The van der Waals surface area contributed by atoms with Crippen molar-refractivity contribution in [1.82, 2.24) is 0 Å². The Morgan fingerprint density at radius 3 is 2.17 bits per heavy atom. The van der Waals surface area contributed by atoms with Crippen LogP contribution in [0.3, 0.4) is 0 Å². The number of carbonyl (C=O) groups is 3. The molecular formula is C11H14O7. The fourth-order valence-corrected chi connectivity index (χ4v) is 1.95. The number of aliphatic hydroxyl groups is 1. The van der Waals surface area contributed by atoms with Crippen LogP contribution in [0.15, 0.2) is 0 Å². The molecule has 0 aliphatic carbocycles. The molecule has 0 spiro atoms. The number of carbonyl (C=O) groups excluding carboxylic acids is 3. The molecule has 0 aromatic heterocycles. The predicted octanol–water partition coefficient (Wildman–Crippen LogP) is -0.00150. The average Bonchev–Trinajstić information content (AvgIpc) is 2.36. The molecule has 2 rings (SSSR count). The number of esters is 3. The van der Waals surface area contributed by atoms with Crippen molar-refractivity contribution in [2.24, 2.45) is 0 Å². The first-order valence-corrected chi connectivity index (χ1v) is 5.79. The Morgan fingerprint density at radius 2 is 1.67 bits per heavy atom. The van der Waals surface area contributed by atoms with Gasteiger partial charge >= 0.3 is 23.9 Å². The van der Waals surface area contributed by atoms with Gasteiger partial charge in [0.1, 0.15) is 0 Å². The van der Waals surface area contributed by atoms with E-state index in [1.54, 1.807) is 0 Å². The lowest BCUT2D eigenvalue weighted by Crippen LogP contribution is -2.42. The number of unbranched alkanes of at least 4 members (excludes halogenated alkanes) is 1. The van der Waals surface area contributed by atoms with Gasteiger partial charge in [-0.05, 0) is 6.42 Å². The van der Waals surface area contributed by atoms with Crippen molar-refractivity contribution in [2.45, 2.75) is 50.6 Å². The third-order valence-electron chi connectivity index (χ3n) is 2.88. The van der Waals surface area contributed by atoms with Gasteiger partial charge in [-0.25, -0.2) is 4.79 Å². The molecule has 2 fully saturated rings. The second-order valence-corrected chi connectivity index (χ2v) is 4.51. The molecule has 0 amide bonds. The van der Waals surface area contributed by atoms with Crippen LogP contribution in [0.1, 0.15) is 39.0 Å². The minimum absolute atomic E-state index is 0.0583. The zero-order valence-electron chi connectivity index (χ0n) is 9.93. The summed E-state index contributed by atoms with van der Waals surface area (Å²) in [4.78, 5) is 34.8. The Hall–Kier alpha value is -1.63. The van der Waals surface area contributed by atoms with E-state index >= 15 is 0 Å². The second-order valence-electron chi connectivity index (χ2n) is 4.51. The summed E-state index contributed by atoms with van der Waals surface area (Å²) in [5, 5.41) is 9.95. The van der Waals surface area contributed by atoms with Crippen molar-refractivity contribution in [3.63, 3.8) is 0 Å². The Bertz CT molecular complexity index is 380. The smallest absolute Gasteiger partial charge is 0.388 e. The molecule has 2 bridgehead atoms. The third kappa shape index (κ3) is 2.17. The van der Waals surface area contributed by atoms with E-state index in [1.807, 2.05) is 6.92 Å². The molecule has 2 aliphatic heterocycles. The van der Waals surface area contributed by atoms with E-state index in [-0.39, 0.29) is 6.42 Å². The van der Waals surface area contributed by atoms with Gasteiger partial charge < -0.3 is 19.3 Å². The lowest BCUT2D eigenvalue weighted by Gasteiger charge is -2.28. The fourth-order valence-electron chi connectivity index (χ4n) is 1.95. The highest BCUT2D eigenvalue weighted by molar-refractivity contribution is 5.92. The van der Waals surface area contributed by atoms with Gasteiger partial charge in [-0.2, -0.15) is 0 Å². The summed E-state index contributed by atoms with van der Waals surface area (Å²) in [6.07, 6.45) is 0.122. The van der Waals surface area contributed by atoms with E-state index in [0.717, 1.165) is 6.42 Å². The summed E-state index contributed by atoms with van der Waals surface area (Å²) < 4.78 is 14.7. The fraction of sp³-hybridized carbons (Fsp3) is 0.727. The normalized spacial score (nSPS) is 35.3. The first-order valence-electron chi connectivity index (χ1n) is 5.79. The van der Waals surface area contributed by atoms with E-state index in [4.69, 9.17) is 14.2 Å². The molecular weight excluding hydrogens is 244 g/mol. The summed E-state index contributed by atoms with van der Waals surface area (Å²) in [5.74, 6) is -4.73. The highest BCUT2D eigenvalue weighted by Gasteiger charge is 2.58. The van der Waals surface area contributed by atoms with Crippen LogP contribution >= 0.6 is 0 Å². The first kappa shape index (κ1) is 12.8. The third-order valence-corrected chi connectivity index (χ3v) is 2.88. The molecule has 0 atom stereocenters. The number of hydrogen-bond acceptors (Lipinski definition) is 7. The highest BCUT2D eigenvalue weighted by Crippen LogP contribution is 2.36. The van der Waals surface area contributed by atoms with Crippen LogP contribution in [0.5, 0.6) is 0 Å². The van der Waals surface area contributed by atoms with Gasteiger partial charge in [-0.3, -0.25) is 9.59 Å². The Balaban J connectivity index is 2.36. The molecule has 0 unspecified atom stereocenters. The summed E-state index contributed by atoms with van der Waals surface area (Å²) >= 11 is 0. The maximum atomic E-state index is 11.7. The molecule has 0 radical (unpaired) electrons. The largest absolute Gasteiger partial charge is 0.423 e. The topological polar surface area (TPSA) is 99.1 Å². The number of rotatable bonds is 3. The first-order chi connectivity index (χ1) is 8.39. The van der Waals surface area contributed by atoms with Gasteiger partial charge in [0, 0.05) is 0 Å². The monoisotopic (exact) mass is 258 g/mol. The maximum Gasteiger partial charge on any atom is 0.423 e. The molecule has 7 nitrogen and oxygen atoms in total. The molecule has 1 N–H and O–H groups in total. The molecule has 7 heteroatoms. The van der Waals surface area contributed by atoms with E-state index in [1.165, 1.54) is 0 Å². The highest BCUT2D eigenvalue weighted by atomic mass is 16.9. The zero-order chi connectivity index (χ0) is 13.4. The molecule has 18 heavy (non-hydrogen) atoms. The number of hydrogen-bond donors (Lipinski definition) is 1. The minimum Gasteiger partial charge on any atom is -0.388 e. The summed E-state index contributed by atoms with van der Waals surface area (Å²) in [7, 11) is 0. The zero-order valence-corrected chi connectivity index (χ0v) is 9.93. The molecule has 2 saturated heterocycles. The van der Waals surface area contributed by atoms with Crippen molar-refractivity contribution in [2.75, 3.05) is 0 Å². The quantitative estimate of drug-likeness (QED) is 0.711. The minimum atomic E-state index is -2.18. The van der Waals surface area contributed by atoms with Gasteiger partial charge in [-0.15, -0.1) is 0 Å². The molecule has 0 aromatic rings. The van der Waals surface area contributed by atoms with Crippen LogP contribution in [0.4, 0.5) is 0 Å². The standard InChI is InChI=1S/C11H14O7/c1-2-3-4-11-16-7(12)5-10(15,9(14)18-11)6-8(13)17-11/h15H,2-6H2,1H3. The van der Waals surface area contributed by atoms with E-state index < -0.39 is 42.3 Å². The Labute approximate surface area is 103 Å². The Morgan fingerprint density at radius 1 is 1.11 bits per heavy atom. The van der Waals surface area contributed by atoms with Gasteiger partial charge in [0.05, 0.1) is 19.3 Å². The van der Waals surface area contributed by atoms with Gasteiger partial charge in [0.25, 0.3) is 0 Å². The number of ether oxygens (including phenoxy) is 3. The van der Waals surface area contributed by atoms with E-state index in [2.05, 4.69) is 0 Å². The molecule has 2 heterocycles. The predicted molar refractivity (Wildman–Crippen MR) is 54.7 cm³/mol. The molecule has 2 aliphatic rings. The van der Waals surface area contributed by atoms with E-state index in [0.29, 0.717) is 6.42 Å².